The van der Waals surface area contributed by atoms with Gasteiger partial charge in [-0.15, -0.1) is 0 Å². The fraction of sp³-hybridized carbons (Fsp3) is 0.944. The molecule has 2 aliphatic heterocycles. The summed E-state index contributed by atoms with van der Waals surface area (Å²) < 4.78 is 23.3. The Hall–Kier alpha value is -0.820. The Morgan fingerprint density at radius 3 is 2.40 bits per heavy atom. The van der Waals surface area contributed by atoms with Crippen LogP contribution in [0.15, 0.2) is 4.99 Å². The molecular weight excluding hydrogens is 336 g/mol. The van der Waals surface area contributed by atoms with E-state index in [1.165, 1.54) is 64.5 Å². The van der Waals surface area contributed by atoms with Crippen molar-refractivity contribution in [3.8, 4) is 0 Å². The Kier molecular flexibility index (Phi) is 6.25. The Balaban J connectivity index is 1.59. The van der Waals surface area contributed by atoms with Crippen LogP contribution in [-0.4, -0.2) is 69.0 Å². The second-order valence-corrected chi connectivity index (χ2v) is 10.2. The molecule has 0 spiro atoms. The molecule has 2 N–H and O–H groups in total. The van der Waals surface area contributed by atoms with Crippen molar-refractivity contribution in [3.63, 3.8) is 0 Å². The maximum absolute atomic E-state index is 11.7. The van der Waals surface area contributed by atoms with Gasteiger partial charge >= 0.3 is 0 Å². The number of hydrogen-bond acceptors (Lipinski definition) is 4. The normalized spacial score (nSPS) is 30.1. The molecule has 0 aromatic carbocycles. The topological polar surface area (TPSA) is 73.8 Å². The third-order valence-electron chi connectivity index (χ3n) is 6.19. The van der Waals surface area contributed by atoms with Gasteiger partial charge < -0.3 is 10.6 Å². The summed E-state index contributed by atoms with van der Waals surface area (Å²) in [4.78, 5) is 7.06. The Morgan fingerprint density at radius 2 is 1.80 bits per heavy atom. The quantitative estimate of drug-likeness (QED) is 0.580. The van der Waals surface area contributed by atoms with Gasteiger partial charge in [-0.3, -0.25) is 9.89 Å². The van der Waals surface area contributed by atoms with Crippen molar-refractivity contribution in [1.29, 1.82) is 0 Å². The van der Waals surface area contributed by atoms with Crippen molar-refractivity contribution in [1.82, 2.24) is 15.5 Å². The fourth-order valence-corrected chi connectivity index (χ4v) is 6.40. The first-order valence-electron chi connectivity index (χ1n) is 9.96. The monoisotopic (exact) mass is 370 g/mol. The summed E-state index contributed by atoms with van der Waals surface area (Å²) in [5.74, 6) is 1.27. The van der Waals surface area contributed by atoms with Crippen LogP contribution in [0, 0.1) is 0 Å². The van der Waals surface area contributed by atoms with E-state index in [1.54, 1.807) is 7.05 Å². The summed E-state index contributed by atoms with van der Waals surface area (Å²) in [6, 6.07) is -0.00603. The van der Waals surface area contributed by atoms with E-state index in [1.807, 2.05) is 0 Å². The summed E-state index contributed by atoms with van der Waals surface area (Å²) in [6.45, 7) is 3.34. The number of likely N-dealkylation sites (tertiary alicyclic amines) is 1. The molecule has 7 heteroatoms. The minimum atomic E-state index is -2.87. The number of nitrogens with one attached hydrogen (secondary N) is 2. The third kappa shape index (κ3) is 4.88. The van der Waals surface area contributed by atoms with Crippen LogP contribution in [-0.2, 0) is 9.84 Å². The molecule has 144 valence electrons. The highest BCUT2D eigenvalue weighted by Crippen LogP contribution is 2.35. The van der Waals surface area contributed by atoms with Crippen LogP contribution < -0.4 is 10.6 Å². The summed E-state index contributed by atoms with van der Waals surface area (Å²) in [6.07, 6.45) is 11.2. The highest BCUT2D eigenvalue weighted by Gasteiger charge is 2.38. The first kappa shape index (κ1) is 19.0. The largest absolute Gasteiger partial charge is 0.355 e. The molecule has 25 heavy (non-hydrogen) atoms. The van der Waals surface area contributed by atoms with E-state index in [4.69, 9.17) is 0 Å². The van der Waals surface area contributed by atoms with E-state index in [0.717, 1.165) is 12.5 Å². The summed E-state index contributed by atoms with van der Waals surface area (Å²) in [5.41, 5.74) is 0.248. The lowest BCUT2D eigenvalue weighted by atomic mass is 9.79. The molecule has 1 unspecified atom stereocenters. The third-order valence-corrected chi connectivity index (χ3v) is 7.96. The van der Waals surface area contributed by atoms with Crippen LogP contribution in [0.2, 0.25) is 0 Å². The Bertz CT molecular complexity index is 564. The van der Waals surface area contributed by atoms with E-state index >= 15 is 0 Å². The van der Waals surface area contributed by atoms with Gasteiger partial charge in [-0.05, 0) is 45.2 Å². The Morgan fingerprint density at radius 1 is 1.12 bits per heavy atom. The van der Waals surface area contributed by atoms with Gasteiger partial charge in [-0.25, -0.2) is 8.42 Å². The van der Waals surface area contributed by atoms with Crippen LogP contribution in [0.4, 0.5) is 0 Å². The van der Waals surface area contributed by atoms with Gasteiger partial charge in [0.05, 0.1) is 11.5 Å². The average molecular weight is 371 g/mol. The van der Waals surface area contributed by atoms with E-state index in [0.29, 0.717) is 12.2 Å². The zero-order chi connectivity index (χ0) is 17.8. The van der Waals surface area contributed by atoms with Crippen LogP contribution in [0.5, 0.6) is 0 Å². The van der Waals surface area contributed by atoms with Gasteiger partial charge in [0.15, 0.2) is 15.8 Å². The molecule has 3 aliphatic rings. The number of guanidine groups is 1. The van der Waals surface area contributed by atoms with Crippen molar-refractivity contribution in [2.45, 2.75) is 69.4 Å². The van der Waals surface area contributed by atoms with Crippen molar-refractivity contribution in [2.24, 2.45) is 4.99 Å². The molecule has 0 aromatic heterocycles. The second kappa shape index (κ2) is 8.25. The molecule has 1 aliphatic carbocycles. The van der Waals surface area contributed by atoms with Crippen molar-refractivity contribution in [2.75, 3.05) is 38.2 Å². The van der Waals surface area contributed by atoms with Gasteiger partial charge in [0, 0.05) is 25.2 Å². The zero-order valence-corrected chi connectivity index (χ0v) is 16.4. The Labute approximate surface area is 152 Å². The minimum absolute atomic E-state index is 0.00603. The van der Waals surface area contributed by atoms with E-state index in [-0.39, 0.29) is 17.3 Å². The first-order valence-corrected chi connectivity index (χ1v) is 11.8. The molecule has 2 saturated heterocycles. The van der Waals surface area contributed by atoms with Crippen molar-refractivity contribution >= 4 is 15.8 Å². The van der Waals surface area contributed by atoms with E-state index in [9.17, 15) is 8.42 Å². The maximum atomic E-state index is 11.7. The lowest BCUT2D eigenvalue weighted by Gasteiger charge is -2.48. The van der Waals surface area contributed by atoms with Crippen LogP contribution >= 0.6 is 0 Å². The molecule has 3 fully saturated rings. The van der Waals surface area contributed by atoms with Gasteiger partial charge in [-0.1, -0.05) is 25.7 Å². The van der Waals surface area contributed by atoms with Gasteiger partial charge in [0.25, 0.3) is 0 Å². The zero-order valence-electron chi connectivity index (χ0n) is 15.6. The lowest BCUT2D eigenvalue weighted by Crippen LogP contribution is -2.59. The first-order chi connectivity index (χ1) is 12.0. The molecule has 0 bridgehead atoms. The standard InChI is InChI=1S/C18H34N4O2S/c1-19-17(21-16-8-13-25(23,24)14-16)20-15-18(9-4-2-5-10-18)22-11-6-3-7-12-22/h16H,2-15H2,1H3,(H2,19,20,21). The number of nitrogens with zero attached hydrogens (tertiary/aromatic N) is 2. The SMILES string of the molecule is CN=C(NCC1(N2CCCCC2)CCCCC1)NC1CCS(=O)(=O)C1. The fourth-order valence-electron chi connectivity index (χ4n) is 4.73. The molecule has 2 heterocycles. The number of piperidine rings is 1. The predicted octanol–water partition coefficient (Wildman–Crippen LogP) is 1.53. The van der Waals surface area contributed by atoms with Gasteiger partial charge in [0.1, 0.15) is 0 Å². The molecule has 1 atom stereocenters. The molecular formula is C18H34N4O2S. The predicted molar refractivity (Wildman–Crippen MR) is 103 cm³/mol. The number of hydrogen-bond donors (Lipinski definition) is 2. The smallest absolute Gasteiger partial charge is 0.191 e. The number of rotatable bonds is 4. The molecule has 0 aromatic rings. The van der Waals surface area contributed by atoms with Crippen molar-refractivity contribution in [3.05, 3.63) is 0 Å². The summed E-state index contributed by atoms with van der Waals surface area (Å²) >= 11 is 0. The molecule has 6 nitrogen and oxygen atoms in total. The van der Waals surface area contributed by atoms with Crippen LogP contribution in [0.1, 0.15) is 57.8 Å². The number of aliphatic imine (C=N–C) groups is 1. The van der Waals surface area contributed by atoms with E-state index in [2.05, 4.69) is 20.5 Å². The highest BCUT2D eigenvalue weighted by molar-refractivity contribution is 7.91. The van der Waals surface area contributed by atoms with Gasteiger partial charge in [0.2, 0.25) is 0 Å². The highest BCUT2D eigenvalue weighted by atomic mass is 32.2. The average Bonchev–Trinajstić information content (AvgIpc) is 2.98. The molecule has 0 radical (unpaired) electrons. The molecule has 0 amide bonds. The van der Waals surface area contributed by atoms with Gasteiger partial charge in [-0.2, -0.15) is 0 Å². The van der Waals surface area contributed by atoms with Crippen molar-refractivity contribution < 1.29 is 8.42 Å². The summed E-state index contributed by atoms with van der Waals surface area (Å²) in [5, 5.41) is 6.86. The van der Waals surface area contributed by atoms with Crippen LogP contribution in [0.25, 0.3) is 0 Å². The summed E-state index contributed by atoms with van der Waals surface area (Å²) in [7, 11) is -1.10. The van der Waals surface area contributed by atoms with E-state index < -0.39 is 9.84 Å². The number of sulfone groups is 1. The maximum Gasteiger partial charge on any atom is 0.191 e. The lowest BCUT2D eigenvalue weighted by molar-refractivity contribution is 0.0368. The minimum Gasteiger partial charge on any atom is -0.355 e. The second-order valence-electron chi connectivity index (χ2n) is 8.00. The molecule has 1 saturated carbocycles. The van der Waals surface area contributed by atoms with Crippen LogP contribution in [0.3, 0.4) is 0 Å². The molecule has 3 rings (SSSR count).